The van der Waals surface area contributed by atoms with Gasteiger partial charge in [0.2, 0.25) is 0 Å². The highest BCUT2D eigenvalue weighted by atomic mass is 31.2. The van der Waals surface area contributed by atoms with Gasteiger partial charge in [0.1, 0.15) is 6.61 Å². The number of phosphoric ester groups is 1. The van der Waals surface area contributed by atoms with Crippen LogP contribution in [0.5, 0.6) is 0 Å². The zero-order chi connectivity index (χ0) is 36.8. The maximum atomic E-state index is 12.4. The van der Waals surface area contributed by atoms with Gasteiger partial charge in [-0.25, -0.2) is 4.57 Å². The lowest BCUT2D eigenvalue weighted by Crippen LogP contribution is -2.29. The fourth-order valence-electron chi connectivity index (χ4n) is 5.36. The summed E-state index contributed by atoms with van der Waals surface area (Å²) in [4.78, 5) is 42.7. The Morgan fingerprint density at radius 1 is 0.520 bits per heavy atom. The van der Waals surface area contributed by atoms with E-state index < -0.39 is 32.5 Å². The first-order chi connectivity index (χ1) is 24.3. The minimum absolute atomic E-state index is 0.206. The number of hydrogen-bond donors (Lipinski definition) is 2. The van der Waals surface area contributed by atoms with Crippen molar-refractivity contribution in [2.45, 2.75) is 187 Å². The van der Waals surface area contributed by atoms with E-state index >= 15 is 0 Å². The number of esters is 2. The van der Waals surface area contributed by atoms with Gasteiger partial charge in [-0.3, -0.25) is 14.1 Å². The van der Waals surface area contributed by atoms with E-state index in [-0.39, 0.29) is 19.4 Å². The minimum atomic E-state index is -4.76. The van der Waals surface area contributed by atoms with Gasteiger partial charge < -0.3 is 19.3 Å². The molecule has 0 fully saturated rings. The van der Waals surface area contributed by atoms with Crippen molar-refractivity contribution in [3.05, 3.63) is 48.6 Å². The smallest absolute Gasteiger partial charge is 0.462 e. The molecule has 0 amide bonds. The van der Waals surface area contributed by atoms with Crippen molar-refractivity contribution in [1.29, 1.82) is 0 Å². The standard InChI is InChI=1S/C41H73O8P/c1-3-5-7-9-11-13-15-17-18-19-20-21-22-24-25-27-29-31-33-35-40(42)47-37-39(38-48-50(44,45)46)49-41(43)36-34-32-30-28-26-23-16-14-12-10-8-6-4-2/h11,13,17-18,20-21,24-25,39H,3-10,12,14-16,19,22-23,26-38H2,1-2H3,(H2,44,45,46)/b13-11+,18-17+,21-20+,25-24+/t39-/m1/s1. The van der Waals surface area contributed by atoms with Crippen LogP contribution in [0.2, 0.25) is 0 Å². The number of carbonyl (C=O) groups excluding carboxylic acids is 2. The minimum Gasteiger partial charge on any atom is -0.462 e. The Balaban J connectivity index is 4.01. The fraction of sp³-hybridized carbons (Fsp3) is 0.756. The lowest BCUT2D eigenvalue weighted by Gasteiger charge is -2.18. The van der Waals surface area contributed by atoms with E-state index in [9.17, 15) is 14.2 Å². The van der Waals surface area contributed by atoms with Crippen LogP contribution >= 0.6 is 7.82 Å². The van der Waals surface area contributed by atoms with Crippen molar-refractivity contribution in [2.24, 2.45) is 0 Å². The zero-order valence-electron chi connectivity index (χ0n) is 31.8. The largest absolute Gasteiger partial charge is 0.469 e. The van der Waals surface area contributed by atoms with Gasteiger partial charge in [-0.15, -0.1) is 0 Å². The first-order valence-electron chi connectivity index (χ1n) is 19.9. The highest BCUT2D eigenvalue weighted by molar-refractivity contribution is 7.46. The summed E-state index contributed by atoms with van der Waals surface area (Å²) in [5.74, 6) is -0.920. The molecule has 0 rings (SSSR count). The molecule has 8 nitrogen and oxygen atoms in total. The molecule has 290 valence electrons. The molecular formula is C41H73O8P. The first kappa shape index (κ1) is 48.0. The van der Waals surface area contributed by atoms with E-state index in [0.717, 1.165) is 57.8 Å². The third kappa shape index (κ3) is 38.8. The summed E-state index contributed by atoms with van der Waals surface area (Å²) < 4.78 is 26.3. The summed E-state index contributed by atoms with van der Waals surface area (Å²) in [6, 6.07) is 0. The highest BCUT2D eigenvalue weighted by Gasteiger charge is 2.22. The van der Waals surface area contributed by atoms with Crippen LogP contribution in [0.15, 0.2) is 48.6 Å². The number of hydrogen-bond acceptors (Lipinski definition) is 6. The van der Waals surface area contributed by atoms with E-state index in [1.165, 1.54) is 83.5 Å². The summed E-state index contributed by atoms with van der Waals surface area (Å²) >= 11 is 0. The molecule has 0 aliphatic rings. The van der Waals surface area contributed by atoms with Crippen LogP contribution in [0.3, 0.4) is 0 Å². The summed E-state index contributed by atoms with van der Waals surface area (Å²) in [7, 11) is -4.76. The Bertz CT molecular complexity index is 952. The SMILES string of the molecule is CCCCC/C=C/C/C=C/C/C=C/C/C=C/CCCCCC(=O)OC[C@H](COP(=O)(O)O)OC(=O)CCCCCCCCCCCCCCC. The first-order valence-corrected chi connectivity index (χ1v) is 21.5. The third-order valence-electron chi connectivity index (χ3n) is 8.35. The monoisotopic (exact) mass is 725 g/mol. The molecule has 0 spiro atoms. The second kappa shape index (κ2) is 36.8. The van der Waals surface area contributed by atoms with Crippen LogP contribution in [-0.4, -0.2) is 41.0 Å². The number of carbonyl (C=O) groups is 2. The fourth-order valence-corrected chi connectivity index (χ4v) is 5.72. The van der Waals surface area contributed by atoms with Gasteiger partial charge in [-0.05, 0) is 57.8 Å². The lowest BCUT2D eigenvalue weighted by molar-refractivity contribution is -0.161. The number of allylic oxidation sites excluding steroid dienone is 8. The Kier molecular flexibility index (Phi) is 35.3. The van der Waals surface area contributed by atoms with Crippen molar-refractivity contribution >= 4 is 19.8 Å². The Hall–Kier alpha value is -1.99. The quantitative estimate of drug-likeness (QED) is 0.0284. The summed E-state index contributed by atoms with van der Waals surface area (Å²) in [6.45, 7) is 3.62. The number of rotatable bonds is 36. The molecule has 2 N–H and O–H groups in total. The van der Waals surface area contributed by atoms with Crippen molar-refractivity contribution in [1.82, 2.24) is 0 Å². The van der Waals surface area contributed by atoms with Crippen molar-refractivity contribution in [3.8, 4) is 0 Å². The van der Waals surface area contributed by atoms with Crippen LogP contribution in [0.4, 0.5) is 0 Å². The molecule has 0 radical (unpaired) electrons. The van der Waals surface area contributed by atoms with E-state index in [2.05, 4.69) is 67.0 Å². The van der Waals surface area contributed by atoms with Crippen LogP contribution < -0.4 is 0 Å². The maximum absolute atomic E-state index is 12.4. The summed E-state index contributed by atoms with van der Waals surface area (Å²) in [5.41, 5.74) is 0. The second-order valence-corrected chi connectivity index (χ2v) is 14.5. The normalized spacial score (nSPS) is 13.0. The Morgan fingerprint density at radius 2 is 0.900 bits per heavy atom. The molecule has 50 heavy (non-hydrogen) atoms. The Morgan fingerprint density at radius 3 is 1.38 bits per heavy atom. The average molecular weight is 725 g/mol. The van der Waals surface area contributed by atoms with E-state index in [1.807, 2.05) is 0 Å². The topological polar surface area (TPSA) is 119 Å². The van der Waals surface area contributed by atoms with Crippen molar-refractivity contribution in [2.75, 3.05) is 13.2 Å². The predicted octanol–water partition coefficient (Wildman–Crippen LogP) is 12.0. The van der Waals surface area contributed by atoms with Gasteiger partial charge in [0, 0.05) is 12.8 Å². The maximum Gasteiger partial charge on any atom is 0.469 e. The number of phosphoric acid groups is 1. The molecule has 0 unspecified atom stereocenters. The molecule has 0 saturated carbocycles. The van der Waals surface area contributed by atoms with Crippen molar-refractivity contribution in [3.63, 3.8) is 0 Å². The summed E-state index contributed by atoms with van der Waals surface area (Å²) in [5, 5.41) is 0. The van der Waals surface area contributed by atoms with E-state index in [0.29, 0.717) is 12.8 Å². The van der Waals surface area contributed by atoms with E-state index in [1.54, 1.807) is 0 Å². The zero-order valence-corrected chi connectivity index (χ0v) is 32.7. The summed E-state index contributed by atoms with van der Waals surface area (Å²) in [6.07, 6.45) is 44.0. The molecule has 9 heteroatoms. The van der Waals surface area contributed by atoms with Crippen LogP contribution in [0.1, 0.15) is 181 Å². The molecule has 0 bridgehead atoms. The van der Waals surface area contributed by atoms with Gasteiger partial charge in [-0.1, -0.05) is 159 Å². The average Bonchev–Trinajstić information content (AvgIpc) is 3.08. The van der Waals surface area contributed by atoms with Gasteiger partial charge in [-0.2, -0.15) is 0 Å². The lowest BCUT2D eigenvalue weighted by atomic mass is 10.0. The molecule has 0 aromatic carbocycles. The molecular weight excluding hydrogens is 651 g/mol. The van der Waals surface area contributed by atoms with Crippen LogP contribution in [0.25, 0.3) is 0 Å². The molecule has 0 aliphatic carbocycles. The number of unbranched alkanes of at least 4 members (excludes halogenated alkanes) is 18. The molecule has 0 aliphatic heterocycles. The van der Waals surface area contributed by atoms with Gasteiger partial charge >= 0.3 is 19.8 Å². The van der Waals surface area contributed by atoms with Gasteiger partial charge in [0.05, 0.1) is 6.61 Å². The predicted molar refractivity (Wildman–Crippen MR) is 207 cm³/mol. The van der Waals surface area contributed by atoms with Gasteiger partial charge in [0.15, 0.2) is 6.10 Å². The highest BCUT2D eigenvalue weighted by Crippen LogP contribution is 2.36. The van der Waals surface area contributed by atoms with Crippen molar-refractivity contribution < 1.29 is 37.9 Å². The second-order valence-electron chi connectivity index (χ2n) is 13.3. The molecule has 1 atom stereocenters. The van der Waals surface area contributed by atoms with Gasteiger partial charge in [0.25, 0.3) is 0 Å². The molecule has 0 aromatic rings. The molecule has 0 saturated heterocycles. The molecule has 0 heterocycles. The van der Waals surface area contributed by atoms with E-state index in [4.69, 9.17) is 19.3 Å². The Labute approximate surface area is 305 Å². The van der Waals surface area contributed by atoms with Crippen LogP contribution in [-0.2, 0) is 28.2 Å². The number of ether oxygens (including phenoxy) is 2. The molecule has 0 aromatic heterocycles. The van der Waals surface area contributed by atoms with Crippen LogP contribution in [0, 0.1) is 0 Å². The third-order valence-corrected chi connectivity index (χ3v) is 8.84.